The number of aryl methyl sites for hydroxylation is 1. The van der Waals surface area contributed by atoms with Crippen molar-refractivity contribution in [3.05, 3.63) is 65.5 Å². The van der Waals surface area contributed by atoms with E-state index in [2.05, 4.69) is 16.4 Å². The van der Waals surface area contributed by atoms with E-state index in [1.165, 1.54) is 5.56 Å². The average molecular weight is 337 g/mol. The molecule has 0 atom stereocenters. The van der Waals surface area contributed by atoms with Gasteiger partial charge in [-0.25, -0.2) is 0 Å². The second-order valence-electron chi connectivity index (χ2n) is 6.52. The second-order valence-corrected chi connectivity index (χ2v) is 6.52. The van der Waals surface area contributed by atoms with Gasteiger partial charge < -0.3 is 10.2 Å². The molecule has 0 bridgehead atoms. The van der Waals surface area contributed by atoms with Crippen molar-refractivity contribution in [3.8, 4) is 0 Å². The van der Waals surface area contributed by atoms with Gasteiger partial charge in [-0.15, -0.1) is 0 Å². The molecule has 0 saturated carbocycles. The van der Waals surface area contributed by atoms with E-state index < -0.39 is 0 Å². The quantitative estimate of drug-likeness (QED) is 0.933. The first-order valence-electron chi connectivity index (χ1n) is 8.66. The molecule has 0 radical (unpaired) electrons. The molecule has 0 aliphatic carbocycles. The fraction of sp³-hybridized carbons (Fsp3) is 0.350. The fourth-order valence-electron chi connectivity index (χ4n) is 3.17. The van der Waals surface area contributed by atoms with Gasteiger partial charge in [0.2, 0.25) is 5.91 Å². The number of aromatic nitrogens is 1. The number of nitrogens with one attached hydrogen (secondary N) is 1. The van der Waals surface area contributed by atoms with Crippen LogP contribution in [-0.2, 0) is 11.3 Å². The van der Waals surface area contributed by atoms with Crippen LogP contribution < -0.4 is 5.32 Å². The van der Waals surface area contributed by atoms with Crippen molar-refractivity contribution >= 4 is 11.8 Å². The van der Waals surface area contributed by atoms with E-state index in [1.54, 1.807) is 29.4 Å². The standard InChI is InChI=1S/C20H23N3O2/c1-15-4-2-5-16(12-15)13-22-19(24)17-7-10-23(11-8-17)20(25)18-6-3-9-21-14-18/h2-6,9,12,14,17H,7-8,10-11,13H2,1H3,(H,22,24). The third-order valence-corrected chi connectivity index (χ3v) is 4.61. The molecule has 1 aliphatic heterocycles. The summed E-state index contributed by atoms with van der Waals surface area (Å²) in [5.74, 6) is 0.0458. The number of benzene rings is 1. The predicted octanol–water partition coefficient (Wildman–Crippen LogP) is 2.56. The number of likely N-dealkylation sites (tertiary alicyclic amines) is 1. The van der Waals surface area contributed by atoms with E-state index in [1.807, 2.05) is 25.1 Å². The van der Waals surface area contributed by atoms with Gasteiger partial charge in [-0.3, -0.25) is 14.6 Å². The van der Waals surface area contributed by atoms with Crippen molar-refractivity contribution in [2.45, 2.75) is 26.3 Å². The van der Waals surface area contributed by atoms with Crippen molar-refractivity contribution in [2.24, 2.45) is 5.92 Å². The van der Waals surface area contributed by atoms with Crippen LogP contribution in [-0.4, -0.2) is 34.8 Å². The Morgan fingerprint density at radius 1 is 1.20 bits per heavy atom. The molecule has 1 N–H and O–H groups in total. The van der Waals surface area contributed by atoms with Gasteiger partial charge in [0.1, 0.15) is 0 Å². The van der Waals surface area contributed by atoms with Crippen LogP contribution in [0.1, 0.15) is 34.3 Å². The van der Waals surface area contributed by atoms with E-state index in [9.17, 15) is 9.59 Å². The molecule has 5 nitrogen and oxygen atoms in total. The first kappa shape index (κ1) is 17.1. The smallest absolute Gasteiger partial charge is 0.255 e. The maximum Gasteiger partial charge on any atom is 0.255 e. The largest absolute Gasteiger partial charge is 0.352 e. The number of carbonyl (C=O) groups excluding carboxylic acids is 2. The highest BCUT2D eigenvalue weighted by Gasteiger charge is 2.27. The Hall–Kier alpha value is -2.69. The van der Waals surface area contributed by atoms with Gasteiger partial charge in [0, 0.05) is 37.9 Å². The number of nitrogens with zero attached hydrogens (tertiary/aromatic N) is 2. The van der Waals surface area contributed by atoms with Gasteiger partial charge in [-0.2, -0.15) is 0 Å². The molecule has 5 heteroatoms. The summed E-state index contributed by atoms with van der Waals surface area (Å²) in [6.45, 7) is 3.81. The van der Waals surface area contributed by atoms with Crippen LogP contribution >= 0.6 is 0 Å². The number of rotatable bonds is 4. The van der Waals surface area contributed by atoms with Gasteiger partial charge >= 0.3 is 0 Å². The van der Waals surface area contributed by atoms with Gasteiger partial charge in [0.05, 0.1) is 5.56 Å². The van der Waals surface area contributed by atoms with Gasteiger partial charge in [0.15, 0.2) is 0 Å². The number of piperidine rings is 1. The summed E-state index contributed by atoms with van der Waals surface area (Å²) in [6, 6.07) is 11.7. The summed E-state index contributed by atoms with van der Waals surface area (Å²) in [5.41, 5.74) is 2.90. The highest BCUT2D eigenvalue weighted by atomic mass is 16.2. The van der Waals surface area contributed by atoms with E-state index in [0.717, 1.165) is 5.56 Å². The summed E-state index contributed by atoms with van der Waals surface area (Å²) < 4.78 is 0. The zero-order valence-electron chi connectivity index (χ0n) is 14.4. The molecule has 3 rings (SSSR count). The van der Waals surface area contributed by atoms with Crippen molar-refractivity contribution in [1.82, 2.24) is 15.2 Å². The number of hydrogen-bond acceptors (Lipinski definition) is 3. The highest BCUT2D eigenvalue weighted by Crippen LogP contribution is 2.19. The lowest BCUT2D eigenvalue weighted by molar-refractivity contribution is -0.126. The lowest BCUT2D eigenvalue weighted by Gasteiger charge is -2.31. The van der Waals surface area contributed by atoms with Crippen LogP contribution in [0.15, 0.2) is 48.8 Å². The molecule has 2 amide bonds. The molecule has 2 aromatic rings. The van der Waals surface area contributed by atoms with E-state index in [-0.39, 0.29) is 17.7 Å². The first-order chi connectivity index (χ1) is 12.1. The Kier molecular flexibility index (Phi) is 5.43. The summed E-state index contributed by atoms with van der Waals surface area (Å²) in [6.07, 6.45) is 4.64. The van der Waals surface area contributed by atoms with Crippen molar-refractivity contribution in [1.29, 1.82) is 0 Å². The van der Waals surface area contributed by atoms with Crippen LogP contribution in [0, 0.1) is 12.8 Å². The molecule has 2 heterocycles. The van der Waals surface area contributed by atoms with Crippen LogP contribution in [0.5, 0.6) is 0 Å². The van der Waals surface area contributed by atoms with Crippen LogP contribution in [0.25, 0.3) is 0 Å². The summed E-state index contributed by atoms with van der Waals surface area (Å²) in [4.78, 5) is 30.6. The highest BCUT2D eigenvalue weighted by molar-refractivity contribution is 5.94. The lowest BCUT2D eigenvalue weighted by atomic mass is 9.95. The van der Waals surface area contributed by atoms with Crippen molar-refractivity contribution in [3.63, 3.8) is 0 Å². The number of pyridine rings is 1. The van der Waals surface area contributed by atoms with Gasteiger partial charge in [0.25, 0.3) is 5.91 Å². The van der Waals surface area contributed by atoms with Crippen LogP contribution in [0.3, 0.4) is 0 Å². The fourth-order valence-corrected chi connectivity index (χ4v) is 3.17. The third-order valence-electron chi connectivity index (χ3n) is 4.61. The normalized spacial score (nSPS) is 15.0. The maximum atomic E-state index is 12.4. The predicted molar refractivity (Wildman–Crippen MR) is 95.9 cm³/mol. The topological polar surface area (TPSA) is 62.3 Å². The summed E-state index contributed by atoms with van der Waals surface area (Å²) >= 11 is 0. The SMILES string of the molecule is Cc1cccc(CNC(=O)C2CCN(C(=O)c3cccnc3)CC2)c1. The Morgan fingerprint density at radius 3 is 2.68 bits per heavy atom. The van der Waals surface area contributed by atoms with Gasteiger partial charge in [-0.05, 0) is 37.5 Å². The Balaban J connectivity index is 1.48. The lowest BCUT2D eigenvalue weighted by Crippen LogP contribution is -2.42. The van der Waals surface area contributed by atoms with Crippen molar-refractivity contribution in [2.75, 3.05) is 13.1 Å². The molecular formula is C20H23N3O2. The zero-order valence-corrected chi connectivity index (χ0v) is 14.4. The average Bonchev–Trinajstić information content (AvgIpc) is 2.66. The minimum atomic E-state index is -0.0252. The Bertz CT molecular complexity index is 738. The molecule has 1 fully saturated rings. The molecule has 25 heavy (non-hydrogen) atoms. The van der Waals surface area contributed by atoms with E-state index in [0.29, 0.717) is 38.0 Å². The molecule has 130 valence electrons. The number of carbonyl (C=O) groups is 2. The van der Waals surface area contributed by atoms with Gasteiger partial charge in [-0.1, -0.05) is 29.8 Å². The van der Waals surface area contributed by atoms with E-state index in [4.69, 9.17) is 0 Å². The Morgan fingerprint density at radius 2 is 2.00 bits per heavy atom. The second kappa shape index (κ2) is 7.92. The molecule has 1 aromatic carbocycles. The molecule has 0 unspecified atom stereocenters. The summed E-state index contributed by atoms with van der Waals surface area (Å²) in [5, 5.41) is 3.02. The molecule has 1 saturated heterocycles. The maximum absolute atomic E-state index is 12.4. The minimum absolute atomic E-state index is 0.00767. The third kappa shape index (κ3) is 4.44. The molecule has 0 spiro atoms. The molecular weight excluding hydrogens is 314 g/mol. The van der Waals surface area contributed by atoms with Crippen LogP contribution in [0.2, 0.25) is 0 Å². The monoisotopic (exact) mass is 337 g/mol. The zero-order chi connectivity index (χ0) is 17.6. The van der Waals surface area contributed by atoms with E-state index >= 15 is 0 Å². The summed E-state index contributed by atoms with van der Waals surface area (Å²) in [7, 11) is 0. The first-order valence-corrected chi connectivity index (χ1v) is 8.66. The number of amides is 2. The van der Waals surface area contributed by atoms with Crippen LogP contribution in [0.4, 0.5) is 0 Å². The molecule has 1 aromatic heterocycles. The van der Waals surface area contributed by atoms with Crippen molar-refractivity contribution < 1.29 is 9.59 Å². The minimum Gasteiger partial charge on any atom is -0.352 e. The Labute approximate surface area is 148 Å². The molecule has 1 aliphatic rings. The number of hydrogen-bond donors (Lipinski definition) is 1.